The molecule has 2 N–H and O–H groups in total. The van der Waals surface area contributed by atoms with Gasteiger partial charge in [0.2, 0.25) is 5.88 Å². The lowest BCUT2D eigenvalue weighted by atomic mass is 10.1. The Morgan fingerprint density at radius 2 is 2.04 bits per heavy atom. The number of benzene rings is 2. The number of amides is 2. The van der Waals surface area contributed by atoms with Crippen LogP contribution in [-0.4, -0.2) is 41.3 Å². The van der Waals surface area contributed by atoms with E-state index in [1.165, 1.54) is 23.1 Å². The first-order valence-corrected chi connectivity index (χ1v) is 8.93. The maximum absolute atomic E-state index is 13.3. The molecule has 28 heavy (non-hydrogen) atoms. The van der Waals surface area contributed by atoms with Crippen LogP contribution in [0.1, 0.15) is 5.56 Å². The predicted molar refractivity (Wildman–Crippen MR) is 106 cm³/mol. The Kier molecular flexibility index (Phi) is 6.28. The Labute approximate surface area is 166 Å². The molecule has 2 aromatic carbocycles. The zero-order chi connectivity index (χ0) is 20.1. The smallest absolute Gasteiger partial charge is 0.322 e. The van der Waals surface area contributed by atoms with Gasteiger partial charge in [0.25, 0.3) is 0 Å². The average molecular weight is 404 g/mol. The lowest BCUT2D eigenvalue weighted by molar-refractivity contribution is 0.185. The number of ether oxygens (including phenoxy) is 1. The third-order valence-corrected chi connectivity index (χ3v) is 4.51. The van der Waals surface area contributed by atoms with E-state index in [-0.39, 0.29) is 24.7 Å². The van der Waals surface area contributed by atoms with Crippen LogP contribution < -0.4 is 10.1 Å². The summed E-state index contributed by atoms with van der Waals surface area (Å²) in [6.45, 7) is 0.124. The molecular formula is C20H19ClFN3O3. The molecule has 0 spiro atoms. The summed E-state index contributed by atoms with van der Waals surface area (Å²) in [5.74, 6) is -0.0684. The monoisotopic (exact) mass is 403 g/mol. The van der Waals surface area contributed by atoms with Crippen molar-refractivity contribution < 1.29 is 19.0 Å². The fourth-order valence-electron chi connectivity index (χ4n) is 2.87. The van der Waals surface area contributed by atoms with Crippen molar-refractivity contribution in [2.45, 2.75) is 6.54 Å². The number of halogens is 2. The second-order valence-corrected chi connectivity index (χ2v) is 6.45. The first-order chi connectivity index (χ1) is 13.5. The van der Waals surface area contributed by atoms with Crippen LogP contribution in [-0.2, 0) is 6.54 Å². The number of carbonyl (C=O) groups excluding carboxylic acids is 1. The molecule has 0 atom stereocenters. The van der Waals surface area contributed by atoms with Gasteiger partial charge in [0.1, 0.15) is 5.82 Å². The Morgan fingerprint density at radius 1 is 1.29 bits per heavy atom. The first kappa shape index (κ1) is 19.9. The highest BCUT2D eigenvalue weighted by Gasteiger charge is 2.17. The summed E-state index contributed by atoms with van der Waals surface area (Å²) < 4.78 is 18.6. The minimum absolute atomic E-state index is 0.0862. The largest absolute Gasteiger partial charge is 0.481 e. The Balaban J connectivity index is 1.86. The van der Waals surface area contributed by atoms with Gasteiger partial charge in [0.05, 0.1) is 18.7 Å². The van der Waals surface area contributed by atoms with Crippen LogP contribution in [0.5, 0.6) is 5.88 Å². The first-order valence-electron chi connectivity index (χ1n) is 8.56. The molecule has 3 aromatic rings. The van der Waals surface area contributed by atoms with Crippen LogP contribution in [0.3, 0.4) is 0 Å². The fourth-order valence-corrected chi connectivity index (χ4v) is 3.05. The number of methoxy groups -OCH3 is 1. The maximum Gasteiger partial charge on any atom is 0.322 e. The third-order valence-electron chi connectivity index (χ3n) is 4.22. The highest BCUT2D eigenvalue weighted by molar-refractivity contribution is 6.31. The number of hydrogen-bond acceptors (Lipinski definition) is 4. The van der Waals surface area contributed by atoms with Gasteiger partial charge in [-0.3, -0.25) is 0 Å². The quantitative estimate of drug-likeness (QED) is 0.650. The van der Waals surface area contributed by atoms with Gasteiger partial charge in [-0.2, -0.15) is 0 Å². The number of aliphatic hydroxyl groups is 1. The van der Waals surface area contributed by atoms with Gasteiger partial charge in [0.15, 0.2) is 0 Å². The Hall–Kier alpha value is -2.90. The molecule has 3 rings (SSSR count). The number of rotatable bonds is 6. The van der Waals surface area contributed by atoms with Gasteiger partial charge in [-0.1, -0.05) is 29.8 Å². The zero-order valence-electron chi connectivity index (χ0n) is 15.2. The molecular weight excluding hydrogens is 385 g/mol. The molecule has 146 valence electrons. The van der Waals surface area contributed by atoms with Gasteiger partial charge in [-0.15, -0.1) is 0 Å². The highest BCUT2D eigenvalue weighted by Crippen LogP contribution is 2.27. The second-order valence-electron chi connectivity index (χ2n) is 6.04. The summed E-state index contributed by atoms with van der Waals surface area (Å²) >= 11 is 5.76. The van der Waals surface area contributed by atoms with Crippen molar-refractivity contribution in [2.75, 3.05) is 25.6 Å². The van der Waals surface area contributed by atoms with Crippen LogP contribution in [0.4, 0.5) is 14.9 Å². The maximum atomic E-state index is 13.3. The molecule has 0 bridgehead atoms. The van der Waals surface area contributed by atoms with E-state index >= 15 is 0 Å². The van der Waals surface area contributed by atoms with Gasteiger partial charge in [-0.05, 0) is 35.2 Å². The van der Waals surface area contributed by atoms with Crippen molar-refractivity contribution in [2.24, 2.45) is 0 Å². The van der Waals surface area contributed by atoms with E-state index in [0.29, 0.717) is 11.6 Å². The molecule has 0 aliphatic rings. The normalized spacial score (nSPS) is 10.7. The van der Waals surface area contributed by atoms with E-state index in [1.54, 1.807) is 13.3 Å². The van der Waals surface area contributed by atoms with Crippen molar-refractivity contribution in [3.05, 3.63) is 65.1 Å². The minimum atomic E-state index is -0.567. The molecule has 1 aromatic heterocycles. The number of aliphatic hydroxyl groups excluding tert-OH is 1. The molecule has 0 saturated heterocycles. The molecule has 0 radical (unpaired) electrons. The molecule has 0 unspecified atom stereocenters. The topological polar surface area (TPSA) is 74.7 Å². The van der Waals surface area contributed by atoms with Crippen molar-refractivity contribution in [3.8, 4) is 5.88 Å². The summed E-state index contributed by atoms with van der Waals surface area (Å²) in [6.07, 6.45) is 1.65. The SMILES string of the molecule is COc1ncc(CN(CCO)C(=O)Nc2ccc(F)c(Cl)c2)c2ccccc12. The van der Waals surface area contributed by atoms with E-state index in [4.69, 9.17) is 16.3 Å². The van der Waals surface area contributed by atoms with Crippen LogP contribution in [0.15, 0.2) is 48.7 Å². The fraction of sp³-hybridized carbons (Fsp3) is 0.200. The van der Waals surface area contributed by atoms with Crippen molar-refractivity contribution >= 4 is 34.1 Å². The molecule has 6 nitrogen and oxygen atoms in total. The van der Waals surface area contributed by atoms with Gasteiger partial charge < -0.3 is 20.1 Å². The number of fused-ring (bicyclic) bond motifs is 1. The summed E-state index contributed by atoms with van der Waals surface area (Å²) in [6, 6.07) is 11.1. The summed E-state index contributed by atoms with van der Waals surface area (Å²) in [5, 5.41) is 13.7. The molecule has 1 heterocycles. The number of aromatic nitrogens is 1. The van der Waals surface area contributed by atoms with Crippen molar-refractivity contribution in [3.63, 3.8) is 0 Å². The molecule has 0 saturated carbocycles. The van der Waals surface area contributed by atoms with Crippen LogP contribution in [0.25, 0.3) is 10.8 Å². The molecule has 8 heteroatoms. The van der Waals surface area contributed by atoms with Crippen LogP contribution in [0.2, 0.25) is 5.02 Å². The van der Waals surface area contributed by atoms with E-state index in [0.717, 1.165) is 16.3 Å². The van der Waals surface area contributed by atoms with E-state index in [2.05, 4.69) is 10.3 Å². The molecule has 2 amide bonds. The lowest BCUT2D eigenvalue weighted by Crippen LogP contribution is -2.36. The van der Waals surface area contributed by atoms with Gasteiger partial charge in [-0.25, -0.2) is 14.2 Å². The number of carbonyl (C=O) groups is 1. The number of pyridine rings is 1. The van der Waals surface area contributed by atoms with E-state index in [9.17, 15) is 14.3 Å². The number of nitrogens with zero attached hydrogens (tertiary/aromatic N) is 2. The number of hydrogen-bond donors (Lipinski definition) is 2. The average Bonchev–Trinajstić information content (AvgIpc) is 2.70. The van der Waals surface area contributed by atoms with Gasteiger partial charge in [0, 0.05) is 30.4 Å². The standard InChI is InChI=1S/C20H19ClFN3O3/c1-28-19-16-5-3-2-4-15(16)13(11-23-19)12-25(8-9-26)20(27)24-14-6-7-18(22)17(21)10-14/h2-7,10-11,26H,8-9,12H2,1H3,(H,24,27). The molecule has 0 fully saturated rings. The van der Waals surface area contributed by atoms with E-state index < -0.39 is 11.8 Å². The minimum Gasteiger partial charge on any atom is -0.481 e. The van der Waals surface area contributed by atoms with E-state index in [1.807, 2.05) is 24.3 Å². The van der Waals surface area contributed by atoms with Crippen molar-refractivity contribution in [1.82, 2.24) is 9.88 Å². The van der Waals surface area contributed by atoms with Crippen molar-refractivity contribution in [1.29, 1.82) is 0 Å². The van der Waals surface area contributed by atoms with Gasteiger partial charge >= 0.3 is 6.03 Å². The summed E-state index contributed by atoms with van der Waals surface area (Å²) in [5.41, 5.74) is 1.16. The third kappa shape index (κ3) is 4.32. The summed E-state index contributed by atoms with van der Waals surface area (Å²) in [7, 11) is 1.55. The Morgan fingerprint density at radius 3 is 2.71 bits per heavy atom. The lowest BCUT2D eigenvalue weighted by Gasteiger charge is -2.23. The predicted octanol–water partition coefficient (Wildman–Crippen LogP) is 4.06. The molecule has 0 aliphatic carbocycles. The number of urea groups is 1. The molecule has 0 aliphatic heterocycles. The highest BCUT2D eigenvalue weighted by atomic mass is 35.5. The number of anilines is 1. The zero-order valence-corrected chi connectivity index (χ0v) is 15.9. The Bertz CT molecular complexity index is 1000. The number of nitrogens with one attached hydrogen (secondary N) is 1. The second kappa shape index (κ2) is 8.86. The van der Waals surface area contributed by atoms with Crippen LogP contribution in [0, 0.1) is 5.82 Å². The summed E-state index contributed by atoms with van der Waals surface area (Å²) in [4.78, 5) is 18.4. The van der Waals surface area contributed by atoms with Crippen LogP contribution >= 0.6 is 11.6 Å².